The van der Waals surface area contributed by atoms with Gasteiger partial charge in [-0.05, 0) is 18.2 Å². The van der Waals surface area contributed by atoms with Crippen LogP contribution in [0.1, 0.15) is 5.56 Å². The van der Waals surface area contributed by atoms with Crippen molar-refractivity contribution in [1.82, 2.24) is 0 Å². The molecule has 82 valence electrons. The average Bonchev–Trinajstić information content (AvgIpc) is 2.30. The van der Waals surface area contributed by atoms with Gasteiger partial charge in [0, 0.05) is 5.56 Å². The Kier molecular flexibility index (Phi) is 2.96. The van der Waals surface area contributed by atoms with E-state index >= 15 is 0 Å². The normalized spacial score (nSPS) is 10.0. The zero-order valence-corrected chi connectivity index (χ0v) is 8.76. The molecular formula is C13H13NO2. The summed E-state index contributed by atoms with van der Waals surface area (Å²) < 4.78 is 5.52. The Hall–Kier alpha value is -2.16. The molecule has 2 aromatic carbocycles. The second-order valence-electron chi connectivity index (χ2n) is 3.46. The van der Waals surface area contributed by atoms with Crippen LogP contribution in [-0.4, -0.2) is 5.11 Å². The largest absolute Gasteiger partial charge is 0.508 e. The monoisotopic (exact) mass is 215 g/mol. The molecule has 2 rings (SSSR count). The van der Waals surface area contributed by atoms with Gasteiger partial charge in [-0.2, -0.15) is 0 Å². The maximum atomic E-state index is 9.55. The molecule has 0 aliphatic heterocycles. The number of phenolic OH excluding ortho intramolecular Hbond substituents is 1. The Bertz CT molecular complexity index is 437. The van der Waals surface area contributed by atoms with Gasteiger partial charge in [-0.3, -0.25) is 0 Å². The van der Waals surface area contributed by atoms with E-state index in [-0.39, 0.29) is 5.75 Å². The Morgan fingerprint density at radius 1 is 1.00 bits per heavy atom. The summed E-state index contributed by atoms with van der Waals surface area (Å²) in [6.45, 7) is 0.306. The highest BCUT2D eigenvalue weighted by Crippen LogP contribution is 2.23. The number of phenols is 1. The van der Waals surface area contributed by atoms with Crippen LogP contribution in [0.2, 0.25) is 0 Å². The SMILES string of the molecule is Nc1ccccc1OCc1ccccc1O. The van der Waals surface area contributed by atoms with Crippen molar-refractivity contribution in [2.24, 2.45) is 0 Å². The third-order valence-corrected chi connectivity index (χ3v) is 2.29. The number of nitrogens with two attached hydrogens (primary N) is 1. The van der Waals surface area contributed by atoms with E-state index in [0.29, 0.717) is 18.0 Å². The van der Waals surface area contributed by atoms with Gasteiger partial charge in [-0.15, -0.1) is 0 Å². The summed E-state index contributed by atoms with van der Waals surface area (Å²) in [5.74, 6) is 0.864. The van der Waals surface area contributed by atoms with Crippen LogP contribution in [0.5, 0.6) is 11.5 Å². The lowest BCUT2D eigenvalue weighted by Gasteiger charge is -2.09. The first-order chi connectivity index (χ1) is 7.77. The molecule has 0 fully saturated rings. The first-order valence-corrected chi connectivity index (χ1v) is 5.01. The van der Waals surface area contributed by atoms with Crippen LogP contribution in [0.15, 0.2) is 48.5 Å². The molecule has 3 heteroatoms. The van der Waals surface area contributed by atoms with Gasteiger partial charge in [0.05, 0.1) is 5.69 Å². The maximum Gasteiger partial charge on any atom is 0.142 e. The Labute approximate surface area is 94.1 Å². The van der Waals surface area contributed by atoms with Crippen molar-refractivity contribution in [3.05, 3.63) is 54.1 Å². The first-order valence-electron chi connectivity index (χ1n) is 5.01. The highest BCUT2D eigenvalue weighted by Gasteiger charge is 2.02. The Morgan fingerprint density at radius 3 is 2.44 bits per heavy atom. The van der Waals surface area contributed by atoms with Gasteiger partial charge >= 0.3 is 0 Å². The summed E-state index contributed by atoms with van der Waals surface area (Å²) in [6.07, 6.45) is 0. The highest BCUT2D eigenvalue weighted by molar-refractivity contribution is 5.51. The fourth-order valence-electron chi connectivity index (χ4n) is 1.40. The predicted octanol–water partition coefficient (Wildman–Crippen LogP) is 2.55. The summed E-state index contributed by atoms with van der Waals surface area (Å²) in [6, 6.07) is 14.4. The highest BCUT2D eigenvalue weighted by atomic mass is 16.5. The number of ether oxygens (including phenoxy) is 1. The van der Waals surface area contributed by atoms with Crippen molar-refractivity contribution in [1.29, 1.82) is 0 Å². The van der Waals surface area contributed by atoms with Crippen molar-refractivity contribution < 1.29 is 9.84 Å². The van der Waals surface area contributed by atoms with Crippen LogP contribution in [0, 0.1) is 0 Å². The van der Waals surface area contributed by atoms with Crippen molar-refractivity contribution in [2.45, 2.75) is 6.61 Å². The molecule has 0 heterocycles. The Balaban J connectivity index is 2.09. The summed E-state index contributed by atoms with van der Waals surface area (Å²) in [5, 5.41) is 9.55. The molecule has 3 nitrogen and oxygen atoms in total. The van der Waals surface area contributed by atoms with E-state index in [0.717, 1.165) is 5.56 Å². The van der Waals surface area contributed by atoms with Gasteiger partial charge < -0.3 is 15.6 Å². The molecule has 0 bridgehead atoms. The molecule has 0 aliphatic rings. The molecule has 16 heavy (non-hydrogen) atoms. The molecule has 0 unspecified atom stereocenters. The molecule has 0 amide bonds. The van der Waals surface area contributed by atoms with Gasteiger partial charge in [-0.25, -0.2) is 0 Å². The quantitative estimate of drug-likeness (QED) is 0.773. The first kappa shape index (κ1) is 10.4. The predicted molar refractivity (Wildman–Crippen MR) is 63.3 cm³/mol. The fraction of sp³-hybridized carbons (Fsp3) is 0.0769. The average molecular weight is 215 g/mol. The minimum Gasteiger partial charge on any atom is -0.508 e. The summed E-state index contributed by atoms with van der Waals surface area (Å²) in [5.41, 5.74) is 7.07. The van der Waals surface area contributed by atoms with Crippen LogP contribution in [0.4, 0.5) is 5.69 Å². The number of rotatable bonds is 3. The van der Waals surface area contributed by atoms with Crippen molar-refractivity contribution in [3.63, 3.8) is 0 Å². The third-order valence-electron chi connectivity index (χ3n) is 2.29. The zero-order valence-electron chi connectivity index (χ0n) is 8.76. The van der Waals surface area contributed by atoms with Crippen molar-refractivity contribution in [3.8, 4) is 11.5 Å². The number of benzene rings is 2. The Morgan fingerprint density at radius 2 is 1.69 bits per heavy atom. The molecule has 0 radical (unpaired) electrons. The number of hydrogen-bond acceptors (Lipinski definition) is 3. The van der Waals surface area contributed by atoms with E-state index in [9.17, 15) is 5.11 Å². The van der Waals surface area contributed by atoms with E-state index in [4.69, 9.17) is 10.5 Å². The lowest BCUT2D eigenvalue weighted by Crippen LogP contribution is -1.98. The van der Waals surface area contributed by atoms with Crippen LogP contribution < -0.4 is 10.5 Å². The van der Waals surface area contributed by atoms with E-state index in [1.165, 1.54) is 0 Å². The van der Waals surface area contributed by atoms with Gasteiger partial charge in [0.15, 0.2) is 0 Å². The molecular weight excluding hydrogens is 202 g/mol. The van der Waals surface area contributed by atoms with E-state index in [2.05, 4.69) is 0 Å². The lowest BCUT2D eigenvalue weighted by molar-refractivity contribution is 0.301. The van der Waals surface area contributed by atoms with Crippen LogP contribution >= 0.6 is 0 Å². The molecule has 0 atom stereocenters. The van der Waals surface area contributed by atoms with Crippen molar-refractivity contribution >= 4 is 5.69 Å². The fourth-order valence-corrected chi connectivity index (χ4v) is 1.40. The van der Waals surface area contributed by atoms with Gasteiger partial charge in [0.2, 0.25) is 0 Å². The summed E-state index contributed by atoms with van der Waals surface area (Å²) in [7, 11) is 0. The molecule has 0 saturated heterocycles. The van der Waals surface area contributed by atoms with Gasteiger partial charge in [0.25, 0.3) is 0 Å². The molecule has 0 aromatic heterocycles. The summed E-state index contributed by atoms with van der Waals surface area (Å²) >= 11 is 0. The number of aromatic hydroxyl groups is 1. The molecule has 3 N–H and O–H groups in total. The number of anilines is 1. The lowest BCUT2D eigenvalue weighted by atomic mass is 10.2. The second-order valence-corrected chi connectivity index (χ2v) is 3.46. The smallest absolute Gasteiger partial charge is 0.142 e. The zero-order chi connectivity index (χ0) is 11.4. The minimum atomic E-state index is 0.233. The van der Waals surface area contributed by atoms with Crippen LogP contribution in [0.3, 0.4) is 0 Å². The van der Waals surface area contributed by atoms with Crippen molar-refractivity contribution in [2.75, 3.05) is 5.73 Å². The molecule has 0 spiro atoms. The maximum absolute atomic E-state index is 9.55. The second kappa shape index (κ2) is 4.57. The molecule has 0 aliphatic carbocycles. The van der Waals surface area contributed by atoms with Gasteiger partial charge in [-0.1, -0.05) is 30.3 Å². The third kappa shape index (κ3) is 2.25. The van der Waals surface area contributed by atoms with Crippen LogP contribution in [0.25, 0.3) is 0 Å². The minimum absolute atomic E-state index is 0.233. The van der Waals surface area contributed by atoms with E-state index < -0.39 is 0 Å². The summed E-state index contributed by atoms with van der Waals surface area (Å²) in [4.78, 5) is 0. The number of para-hydroxylation sites is 3. The van der Waals surface area contributed by atoms with Gasteiger partial charge in [0.1, 0.15) is 18.1 Å². The number of hydrogen-bond donors (Lipinski definition) is 2. The standard InChI is InChI=1S/C13H13NO2/c14-11-6-2-4-8-13(11)16-9-10-5-1-3-7-12(10)15/h1-8,15H,9,14H2. The topological polar surface area (TPSA) is 55.5 Å². The molecule has 0 saturated carbocycles. The van der Waals surface area contributed by atoms with E-state index in [1.54, 1.807) is 24.3 Å². The molecule has 2 aromatic rings. The van der Waals surface area contributed by atoms with E-state index in [1.807, 2.05) is 24.3 Å². The number of nitrogen functional groups attached to an aromatic ring is 1. The van der Waals surface area contributed by atoms with Crippen LogP contribution in [-0.2, 0) is 6.61 Å².